The van der Waals surface area contributed by atoms with Gasteiger partial charge < -0.3 is 20.1 Å². The Morgan fingerprint density at radius 3 is 2.52 bits per heavy atom. The summed E-state index contributed by atoms with van der Waals surface area (Å²) in [5.41, 5.74) is 2.26. The summed E-state index contributed by atoms with van der Waals surface area (Å²) in [6.07, 6.45) is 1.50. The number of hydrogen-bond acceptors (Lipinski definition) is 6. The van der Waals surface area contributed by atoms with Gasteiger partial charge in [0.1, 0.15) is 17.8 Å². The number of ether oxygens (including phenoxy) is 2. The fraction of sp³-hybridized carbons (Fsp3) is 0.222. The van der Waals surface area contributed by atoms with Crippen LogP contribution in [0.1, 0.15) is 18.5 Å². The largest absolute Gasteiger partial charge is 0.497 e. The molecular formula is C18H20N6O3. The molecule has 140 valence electrons. The molecule has 1 atom stereocenters. The number of tetrazole rings is 1. The Hall–Kier alpha value is -3.62. The van der Waals surface area contributed by atoms with Gasteiger partial charge in [-0.15, -0.1) is 5.10 Å². The lowest BCUT2D eigenvalue weighted by molar-refractivity contribution is 0.249. The number of amides is 2. The quantitative estimate of drug-likeness (QED) is 0.693. The van der Waals surface area contributed by atoms with Crippen LogP contribution in [0.5, 0.6) is 11.5 Å². The van der Waals surface area contributed by atoms with E-state index in [2.05, 4.69) is 26.2 Å². The van der Waals surface area contributed by atoms with Crippen LogP contribution in [0.2, 0.25) is 0 Å². The average molecular weight is 368 g/mol. The Labute approximate surface area is 156 Å². The third kappa shape index (κ3) is 4.32. The van der Waals surface area contributed by atoms with Crippen molar-refractivity contribution >= 4 is 11.7 Å². The number of rotatable bonds is 6. The first-order valence-electron chi connectivity index (χ1n) is 8.23. The number of carbonyl (C=O) groups excluding carboxylic acids is 1. The summed E-state index contributed by atoms with van der Waals surface area (Å²) in [7, 11) is 3.18. The summed E-state index contributed by atoms with van der Waals surface area (Å²) in [6, 6.07) is 12.0. The fourth-order valence-electron chi connectivity index (χ4n) is 2.60. The van der Waals surface area contributed by atoms with E-state index in [1.807, 2.05) is 19.1 Å². The molecule has 1 unspecified atom stereocenters. The van der Waals surface area contributed by atoms with Gasteiger partial charge in [0.2, 0.25) is 0 Å². The van der Waals surface area contributed by atoms with E-state index < -0.39 is 0 Å². The average Bonchev–Trinajstić information content (AvgIpc) is 3.22. The van der Waals surface area contributed by atoms with Crippen molar-refractivity contribution in [1.29, 1.82) is 0 Å². The van der Waals surface area contributed by atoms with Crippen LogP contribution in [0.4, 0.5) is 10.5 Å². The maximum Gasteiger partial charge on any atom is 0.319 e. The van der Waals surface area contributed by atoms with E-state index in [4.69, 9.17) is 9.47 Å². The molecule has 9 heteroatoms. The summed E-state index contributed by atoms with van der Waals surface area (Å²) in [5, 5.41) is 16.7. The SMILES string of the molecule is COc1ccc(OC)c(C(C)NC(=O)Nc2ccc(-n3cnnn3)cc2)c1. The van der Waals surface area contributed by atoms with Crippen LogP contribution in [-0.4, -0.2) is 40.5 Å². The van der Waals surface area contributed by atoms with E-state index in [1.165, 1.54) is 11.0 Å². The van der Waals surface area contributed by atoms with E-state index in [9.17, 15) is 4.79 Å². The molecule has 0 bridgehead atoms. The minimum absolute atomic E-state index is 0.282. The molecule has 0 saturated carbocycles. The van der Waals surface area contributed by atoms with Gasteiger partial charge in [-0.1, -0.05) is 0 Å². The monoisotopic (exact) mass is 368 g/mol. The second kappa shape index (κ2) is 8.17. The van der Waals surface area contributed by atoms with E-state index >= 15 is 0 Å². The molecule has 1 aromatic heterocycles. The Kier molecular flexibility index (Phi) is 5.50. The standard InChI is InChI=1S/C18H20N6O3/c1-12(16-10-15(26-2)8-9-17(16)27-3)20-18(25)21-13-4-6-14(7-5-13)24-11-19-22-23-24/h4-12H,1-3H3,(H2,20,21,25). The highest BCUT2D eigenvalue weighted by Crippen LogP contribution is 2.29. The molecule has 9 nitrogen and oxygen atoms in total. The van der Waals surface area contributed by atoms with E-state index in [-0.39, 0.29) is 12.1 Å². The van der Waals surface area contributed by atoms with Gasteiger partial charge in [-0.2, -0.15) is 0 Å². The van der Waals surface area contributed by atoms with Crippen LogP contribution in [-0.2, 0) is 0 Å². The van der Waals surface area contributed by atoms with Crippen molar-refractivity contribution in [2.45, 2.75) is 13.0 Å². The zero-order valence-electron chi connectivity index (χ0n) is 15.2. The number of urea groups is 1. The maximum absolute atomic E-state index is 12.3. The van der Waals surface area contributed by atoms with Crippen LogP contribution >= 0.6 is 0 Å². The van der Waals surface area contributed by atoms with E-state index in [1.54, 1.807) is 44.6 Å². The van der Waals surface area contributed by atoms with Crippen molar-refractivity contribution in [3.05, 3.63) is 54.4 Å². The van der Waals surface area contributed by atoms with Crippen molar-refractivity contribution in [3.63, 3.8) is 0 Å². The number of benzene rings is 2. The lowest BCUT2D eigenvalue weighted by Gasteiger charge is -2.18. The number of methoxy groups -OCH3 is 2. The molecule has 0 aliphatic rings. The van der Waals surface area contributed by atoms with Crippen molar-refractivity contribution in [2.24, 2.45) is 0 Å². The molecule has 3 rings (SSSR count). The number of carbonyl (C=O) groups is 1. The van der Waals surface area contributed by atoms with Gasteiger partial charge in [-0.3, -0.25) is 0 Å². The van der Waals surface area contributed by atoms with Crippen molar-refractivity contribution in [1.82, 2.24) is 25.5 Å². The lowest BCUT2D eigenvalue weighted by Crippen LogP contribution is -2.31. The highest BCUT2D eigenvalue weighted by atomic mass is 16.5. The molecule has 3 aromatic rings. The van der Waals surface area contributed by atoms with Crippen LogP contribution in [0.3, 0.4) is 0 Å². The second-order valence-electron chi connectivity index (χ2n) is 5.73. The van der Waals surface area contributed by atoms with Crippen molar-refractivity contribution in [3.8, 4) is 17.2 Å². The molecule has 2 amide bonds. The van der Waals surface area contributed by atoms with Gasteiger partial charge in [-0.05, 0) is 59.8 Å². The fourth-order valence-corrected chi connectivity index (χ4v) is 2.60. The number of anilines is 1. The number of nitrogens with one attached hydrogen (secondary N) is 2. The number of hydrogen-bond donors (Lipinski definition) is 2. The summed E-state index contributed by atoms with van der Waals surface area (Å²) in [5.74, 6) is 1.37. The van der Waals surface area contributed by atoms with Gasteiger partial charge in [0.15, 0.2) is 0 Å². The van der Waals surface area contributed by atoms with Gasteiger partial charge in [0, 0.05) is 11.3 Å². The van der Waals surface area contributed by atoms with E-state index in [0.29, 0.717) is 17.2 Å². The van der Waals surface area contributed by atoms with Crippen LogP contribution in [0.15, 0.2) is 48.8 Å². The molecule has 0 radical (unpaired) electrons. The van der Waals surface area contributed by atoms with Gasteiger partial charge in [-0.25, -0.2) is 9.48 Å². The van der Waals surface area contributed by atoms with E-state index in [0.717, 1.165) is 11.3 Å². The Bertz CT molecular complexity index is 896. The molecule has 0 spiro atoms. The highest BCUT2D eigenvalue weighted by Gasteiger charge is 2.15. The summed E-state index contributed by atoms with van der Waals surface area (Å²) < 4.78 is 12.1. The smallest absolute Gasteiger partial charge is 0.319 e. The second-order valence-corrected chi connectivity index (χ2v) is 5.73. The normalized spacial score (nSPS) is 11.5. The van der Waals surface area contributed by atoms with Crippen LogP contribution in [0.25, 0.3) is 5.69 Å². The predicted molar refractivity (Wildman–Crippen MR) is 99.3 cm³/mol. The molecule has 1 heterocycles. The Morgan fingerprint density at radius 1 is 1.11 bits per heavy atom. The number of aromatic nitrogens is 4. The molecule has 0 saturated heterocycles. The van der Waals surface area contributed by atoms with Gasteiger partial charge in [0.25, 0.3) is 0 Å². The zero-order chi connectivity index (χ0) is 19.2. The van der Waals surface area contributed by atoms with Crippen molar-refractivity contribution in [2.75, 3.05) is 19.5 Å². The minimum atomic E-state index is -0.331. The highest BCUT2D eigenvalue weighted by molar-refractivity contribution is 5.89. The third-order valence-corrected chi connectivity index (χ3v) is 3.99. The van der Waals surface area contributed by atoms with Gasteiger partial charge >= 0.3 is 6.03 Å². The van der Waals surface area contributed by atoms with Crippen LogP contribution < -0.4 is 20.1 Å². The minimum Gasteiger partial charge on any atom is -0.497 e. The topological polar surface area (TPSA) is 103 Å². The first kappa shape index (κ1) is 18.2. The zero-order valence-corrected chi connectivity index (χ0v) is 15.2. The molecule has 27 heavy (non-hydrogen) atoms. The molecular weight excluding hydrogens is 348 g/mol. The van der Waals surface area contributed by atoms with Crippen LogP contribution in [0, 0.1) is 0 Å². The summed E-state index contributed by atoms with van der Waals surface area (Å²) in [6.45, 7) is 1.87. The molecule has 2 N–H and O–H groups in total. The molecule has 0 fully saturated rings. The van der Waals surface area contributed by atoms with Crippen molar-refractivity contribution < 1.29 is 14.3 Å². The first-order chi connectivity index (χ1) is 13.1. The number of nitrogens with zero attached hydrogens (tertiary/aromatic N) is 4. The summed E-state index contributed by atoms with van der Waals surface area (Å²) >= 11 is 0. The molecule has 0 aliphatic carbocycles. The Morgan fingerprint density at radius 2 is 1.89 bits per heavy atom. The molecule has 0 aliphatic heterocycles. The maximum atomic E-state index is 12.3. The lowest BCUT2D eigenvalue weighted by atomic mass is 10.1. The first-order valence-corrected chi connectivity index (χ1v) is 8.23. The third-order valence-electron chi connectivity index (χ3n) is 3.99. The molecule has 2 aromatic carbocycles. The predicted octanol–water partition coefficient (Wildman–Crippen LogP) is 2.56. The van der Waals surface area contributed by atoms with Gasteiger partial charge in [0.05, 0.1) is 25.9 Å². The Balaban J connectivity index is 1.65. The summed E-state index contributed by atoms with van der Waals surface area (Å²) in [4.78, 5) is 12.3.